The zero-order chi connectivity index (χ0) is 10.1. The molecule has 0 fully saturated rings. The van der Waals surface area contributed by atoms with E-state index in [4.69, 9.17) is 5.26 Å². The number of benzene rings is 1. The average Bonchev–Trinajstić information content (AvgIpc) is 2.51. The Kier molecular flexibility index (Phi) is 1.79. The molecule has 0 saturated heterocycles. The molecular formula is C10H7N3O. The summed E-state index contributed by atoms with van der Waals surface area (Å²) < 4.78 is 0. The highest BCUT2D eigenvalue weighted by Crippen LogP contribution is 2.25. The lowest BCUT2D eigenvalue weighted by Gasteiger charge is -1.90. The SMILES string of the molecule is Cc1[nH]c2cc(N=O)ccc2c1C#N. The fourth-order valence-electron chi connectivity index (χ4n) is 1.52. The van der Waals surface area contributed by atoms with Crippen LogP contribution in [-0.4, -0.2) is 4.98 Å². The highest BCUT2D eigenvalue weighted by atomic mass is 16.3. The van der Waals surface area contributed by atoms with Gasteiger partial charge in [-0.1, -0.05) is 0 Å². The van der Waals surface area contributed by atoms with Crippen molar-refractivity contribution >= 4 is 16.6 Å². The van der Waals surface area contributed by atoms with Crippen molar-refractivity contribution in [2.24, 2.45) is 5.18 Å². The van der Waals surface area contributed by atoms with Crippen LogP contribution in [0.1, 0.15) is 11.3 Å². The first-order valence-corrected chi connectivity index (χ1v) is 4.12. The van der Waals surface area contributed by atoms with E-state index in [0.29, 0.717) is 11.3 Å². The third kappa shape index (κ3) is 1.07. The van der Waals surface area contributed by atoms with Crippen LogP contribution in [0.25, 0.3) is 10.9 Å². The predicted octanol–water partition coefficient (Wildman–Crippen LogP) is 2.75. The lowest BCUT2D eigenvalue weighted by molar-refractivity contribution is 1.28. The van der Waals surface area contributed by atoms with Crippen molar-refractivity contribution in [2.45, 2.75) is 6.92 Å². The summed E-state index contributed by atoms with van der Waals surface area (Å²) >= 11 is 0. The number of H-pyrrole nitrogens is 1. The molecule has 2 aromatic rings. The van der Waals surface area contributed by atoms with Gasteiger partial charge in [0, 0.05) is 16.6 Å². The number of aromatic amines is 1. The van der Waals surface area contributed by atoms with Crippen LogP contribution in [0.2, 0.25) is 0 Å². The van der Waals surface area contributed by atoms with Crippen molar-refractivity contribution in [3.63, 3.8) is 0 Å². The number of nitroso groups, excluding NO2 is 1. The van der Waals surface area contributed by atoms with Crippen LogP contribution in [0, 0.1) is 23.2 Å². The van der Waals surface area contributed by atoms with E-state index in [2.05, 4.69) is 16.2 Å². The smallest absolute Gasteiger partial charge is 0.110 e. The zero-order valence-corrected chi connectivity index (χ0v) is 7.53. The van der Waals surface area contributed by atoms with Crippen LogP contribution < -0.4 is 0 Å². The number of hydrogen-bond acceptors (Lipinski definition) is 3. The maximum absolute atomic E-state index is 10.3. The third-order valence-electron chi connectivity index (χ3n) is 2.19. The van der Waals surface area contributed by atoms with Gasteiger partial charge in [0.25, 0.3) is 0 Å². The third-order valence-corrected chi connectivity index (χ3v) is 2.19. The van der Waals surface area contributed by atoms with Gasteiger partial charge in [-0.2, -0.15) is 5.26 Å². The van der Waals surface area contributed by atoms with Gasteiger partial charge in [-0.15, -0.1) is 4.91 Å². The molecule has 68 valence electrons. The molecule has 0 bridgehead atoms. The Morgan fingerprint density at radius 3 is 2.93 bits per heavy atom. The largest absolute Gasteiger partial charge is 0.357 e. The molecule has 2 rings (SSSR count). The van der Waals surface area contributed by atoms with Crippen LogP contribution in [0.15, 0.2) is 23.4 Å². The summed E-state index contributed by atoms with van der Waals surface area (Å²) in [4.78, 5) is 13.3. The lowest BCUT2D eigenvalue weighted by Crippen LogP contribution is -1.73. The van der Waals surface area contributed by atoms with Gasteiger partial charge in [0.05, 0.1) is 5.56 Å². The molecule has 0 aliphatic rings. The van der Waals surface area contributed by atoms with E-state index >= 15 is 0 Å². The molecule has 0 amide bonds. The summed E-state index contributed by atoms with van der Waals surface area (Å²) in [6.07, 6.45) is 0. The molecule has 0 aliphatic heterocycles. The summed E-state index contributed by atoms with van der Waals surface area (Å²) in [5.74, 6) is 0. The Balaban J connectivity index is 2.82. The molecule has 1 heterocycles. The minimum atomic E-state index is 0.364. The zero-order valence-electron chi connectivity index (χ0n) is 7.53. The van der Waals surface area contributed by atoms with Crippen LogP contribution >= 0.6 is 0 Å². The molecule has 14 heavy (non-hydrogen) atoms. The van der Waals surface area contributed by atoms with Gasteiger partial charge in [-0.25, -0.2) is 0 Å². The van der Waals surface area contributed by atoms with Crippen molar-refractivity contribution in [2.75, 3.05) is 0 Å². The Morgan fingerprint density at radius 1 is 1.50 bits per heavy atom. The highest BCUT2D eigenvalue weighted by Gasteiger charge is 2.07. The fourth-order valence-corrected chi connectivity index (χ4v) is 1.52. The molecular weight excluding hydrogens is 178 g/mol. The Labute approximate surface area is 80.1 Å². The van der Waals surface area contributed by atoms with Crippen LogP contribution in [0.5, 0.6) is 0 Å². The fraction of sp³-hybridized carbons (Fsp3) is 0.100. The molecule has 1 aromatic heterocycles. The second-order valence-electron chi connectivity index (χ2n) is 3.06. The molecule has 4 heteroatoms. The Bertz CT molecular complexity index is 548. The molecule has 0 aliphatic carbocycles. The van der Waals surface area contributed by atoms with Crippen LogP contribution in [0.4, 0.5) is 5.69 Å². The normalized spacial score (nSPS) is 10.0. The van der Waals surface area contributed by atoms with E-state index in [9.17, 15) is 4.91 Å². The molecule has 0 unspecified atom stereocenters. The maximum Gasteiger partial charge on any atom is 0.110 e. The topological polar surface area (TPSA) is 69.0 Å². The lowest BCUT2D eigenvalue weighted by atomic mass is 10.1. The highest BCUT2D eigenvalue weighted by molar-refractivity contribution is 5.89. The van der Waals surface area contributed by atoms with E-state index in [1.165, 1.54) is 0 Å². The van der Waals surface area contributed by atoms with Crippen LogP contribution in [-0.2, 0) is 0 Å². The quantitative estimate of drug-likeness (QED) is 0.694. The number of rotatable bonds is 1. The van der Waals surface area contributed by atoms with Crippen molar-refractivity contribution < 1.29 is 0 Å². The van der Waals surface area contributed by atoms with Gasteiger partial charge >= 0.3 is 0 Å². The number of fused-ring (bicyclic) bond motifs is 1. The maximum atomic E-state index is 10.3. The minimum absolute atomic E-state index is 0.364. The second kappa shape index (κ2) is 2.96. The first kappa shape index (κ1) is 8.45. The van der Waals surface area contributed by atoms with E-state index in [1.807, 2.05) is 6.92 Å². The number of aromatic nitrogens is 1. The van der Waals surface area contributed by atoms with Crippen LogP contribution in [0.3, 0.4) is 0 Å². The van der Waals surface area contributed by atoms with Crippen molar-refractivity contribution in [3.8, 4) is 6.07 Å². The summed E-state index contributed by atoms with van der Waals surface area (Å²) in [6.45, 7) is 1.83. The molecule has 1 aromatic carbocycles. The van der Waals surface area contributed by atoms with E-state index < -0.39 is 0 Å². The van der Waals surface area contributed by atoms with E-state index in [0.717, 1.165) is 16.6 Å². The first-order chi connectivity index (χ1) is 6.76. The molecule has 0 radical (unpaired) electrons. The van der Waals surface area contributed by atoms with Gasteiger partial charge in [0.2, 0.25) is 0 Å². The Morgan fingerprint density at radius 2 is 2.29 bits per heavy atom. The van der Waals surface area contributed by atoms with Crippen molar-refractivity contribution in [3.05, 3.63) is 34.4 Å². The van der Waals surface area contributed by atoms with Gasteiger partial charge < -0.3 is 4.98 Å². The average molecular weight is 185 g/mol. The monoisotopic (exact) mass is 185 g/mol. The van der Waals surface area contributed by atoms with Crippen molar-refractivity contribution in [1.29, 1.82) is 5.26 Å². The number of nitrogens with one attached hydrogen (secondary N) is 1. The van der Waals surface area contributed by atoms with E-state index in [-0.39, 0.29) is 0 Å². The molecule has 1 N–H and O–H groups in total. The second-order valence-corrected chi connectivity index (χ2v) is 3.06. The summed E-state index contributed by atoms with van der Waals surface area (Å²) in [5, 5.41) is 12.5. The Hall–Kier alpha value is -2.15. The number of aryl methyl sites for hydroxylation is 1. The van der Waals surface area contributed by atoms with Crippen molar-refractivity contribution in [1.82, 2.24) is 4.98 Å². The van der Waals surface area contributed by atoms with E-state index in [1.54, 1.807) is 18.2 Å². The number of nitrogens with zero attached hydrogens (tertiary/aromatic N) is 2. The summed E-state index contributed by atoms with van der Waals surface area (Å²) in [7, 11) is 0. The number of hydrogen-bond donors (Lipinski definition) is 1. The molecule has 0 saturated carbocycles. The van der Waals surface area contributed by atoms with Gasteiger partial charge in [0.15, 0.2) is 0 Å². The van der Waals surface area contributed by atoms with Gasteiger partial charge in [-0.3, -0.25) is 0 Å². The first-order valence-electron chi connectivity index (χ1n) is 4.12. The summed E-state index contributed by atoms with van der Waals surface area (Å²) in [6, 6.07) is 7.08. The standard InChI is InChI=1S/C10H7N3O/c1-6-9(5-11)8-3-2-7(13-14)4-10(8)12-6/h2-4,12H,1H3. The predicted molar refractivity (Wildman–Crippen MR) is 53.2 cm³/mol. The number of nitriles is 1. The van der Waals surface area contributed by atoms with Gasteiger partial charge in [0.1, 0.15) is 11.8 Å². The summed E-state index contributed by atoms with van der Waals surface area (Å²) in [5.41, 5.74) is 2.57. The molecule has 4 nitrogen and oxygen atoms in total. The molecule has 0 atom stereocenters. The van der Waals surface area contributed by atoms with Gasteiger partial charge in [-0.05, 0) is 30.3 Å². The molecule has 0 spiro atoms. The minimum Gasteiger partial charge on any atom is -0.357 e.